The average molecular weight is 275 g/mol. The molecule has 0 atom stereocenters. The van der Waals surface area contributed by atoms with Gasteiger partial charge in [0.1, 0.15) is 6.61 Å². The number of aryl methyl sites for hydroxylation is 1. The van der Waals surface area contributed by atoms with E-state index in [4.69, 9.17) is 9.47 Å². The molecular weight excluding hydrogens is 254 g/mol. The zero-order chi connectivity index (χ0) is 14.2. The minimum atomic E-state index is 0.599. The summed E-state index contributed by atoms with van der Waals surface area (Å²) in [7, 11) is 1.94. The number of ether oxygens (including phenoxy) is 2. The molecule has 1 N–H and O–H groups in total. The highest BCUT2D eigenvalue weighted by molar-refractivity contribution is 5.39. The second-order valence-corrected chi connectivity index (χ2v) is 4.35. The molecule has 1 aromatic heterocycles. The number of rotatable bonds is 8. The molecule has 0 aliphatic rings. The van der Waals surface area contributed by atoms with Gasteiger partial charge in [0.25, 0.3) is 0 Å². The summed E-state index contributed by atoms with van der Waals surface area (Å²) in [6.45, 7) is 4.76. The van der Waals surface area contributed by atoms with Crippen molar-refractivity contribution in [3.05, 3.63) is 42.2 Å². The first kappa shape index (κ1) is 14.4. The fraction of sp³-hybridized carbons (Fsp3) is 0.400. The topological polar surface area (TPSA) is 48.3 Å². The van der Waals surface area contributed by atoms with Crippen LogP contribution in [0.4, 0.5) is 0 Å². The van der Waals surface area contributed by atoms with Crippen molar-refractivity contribution >= 4 is 0 Å². The van der Waals surface area contributed by atoms with Crippen LogP contribution < -0.4 is 14.8 Å². The summed E-state index contributed by atoms with van der Waals surface area (Å²) >= 11 is 0. The Morgan fingerprint density at radius 1 is 1.15 bits per heavy atom. The van der Waals surface area contributed by atoms with E-state index in [9.17, 15) is 0 Å². The van der Waals surface area contributed by atoms with Crippen molar-refractivity contribution in [3.63, 3.8) is 0 Å². The molecule has 0 aliphatic carbocycles. The second kappa shape index (κ2) is 7.55. The van der Waals surface area contributed by atoms with E-state index in [0.29, 0.717) is 13.2 Å². The zero-order valence-electron chi connectivity index (χ0n) is 12.0. The molecule has 2 rings (SSSR count). The molecule has 0 saturated heterocycles. The van der Waals surface area contributed by atoms with Crippen LogP contribution in [0.2, 0.25) is 0 Å². The minimum Gasteiger partial charge on any atom is -0.490 e. The van der Waals surface area contributed by atoms with Gasteiger partial charge in [-0.1, -0.05) is 12.1 Å². The molecule has 5 heteroatoms. The molecular formula is C15H21N3O2. The standard InChI is InChI=1S/C15H21N3O2/c1-3-19-14-6-4-5-7-15(14)20-11-10-16-12-13-8-9-17-18(13)2/h4-9,16H,3,10-12H2,1-2H3. The Kier molecular flexibility index (Phi) is 5.43. The van der Waals surface area contributed by atoms with Crippen LogP contribution in [0.3, 0.4) is 0 Å². The lowest BCUT2D eigenvalue weighted by atomic mass is 10.3. The van der Waals surface area contributed by atoms with E-state index in [2.05, 4.69) is 10.4 Å². The van der Waals surface area contributed by atoms with Gasteiger partial charge in [0, 0.05) is 26.3 Å². The SMILES string of the molecule is CCOc1ccccc1OCCNCc1ccnn1C. The summed E-state index contributed by atoms with van der Waals surface area (Å²) in [5, 5.41) is 7.45. The van der Waals surface area contributed by atoms with Crippen molar-refractivity contribution in [3.8, 4) is 11.5 Å². The summed E-state index contributed by atoms with van der Waals surface area (Å²) < 4.78 is 13.1. The summed E-state index contributed by atoms with van der Waals surface area (Å²) in [5.74, 6) is 1.58. The highest BCUT2D eigenvalue weighted by Gasteiger charge is 2.03. The quantitative estimate of drug-likeness (QED) is 0.748. The molecule has 0 radical (unpaired) electrons. The first-order valence-corrected chi connectivity index (χ1v) is 6.83. The van der Waals surface area contributed by atoms with Crippen LogP contribution in [0, 0.1) is 0 Å². The van der Waals surface area contributed by atoms with E-state index < -0.39 is 0 Å². The lowest BCUT2D eigenvalue weighted by Crippen LogP contribution is -2.22. The molecule has 2 aromatic rings. The van der Waals surface area contributed by atoms with E-state index in [1.165, 1.54) is 0 Å². The van der Waals surface area contributed by atoms with Gasteiger partial charge in [-0.15, -0.1) is 0 Å². The van der Waals surface area contributed by atoms with Gasteiger partial charge in [-0.2, -0.15) is 5.10 Å². The molecule has 0 spiro atoms. The van der Waals surface area contributed by atoms with E-state index in [1.807, 2.05) is 49.0 Å². The minimum absolute atomic E-state index is 0.599. The zero-order valence-corrected chi connectivity index (χ0v) is 12.0. The van der Waals surface area contributed by atoms with Gasteiger partial charge >= 0.3 is 0 Å². The molecule has 1 aromatic carbocycles. The number of hydrogen-bond acceptors (Lipinski definition) is 4. The van der Waals surface area contributed by atoms with Crippen LogP contribution in [-0.2, 0) is 13.6 Å². The molecule has 5 nitrogen and oxygen atoms in total. The van der Waals surface area contributed by atoms with Crippen LogP contribution in [0.1, 0.15) is 12.6 Å². The van der Waals surface area contributed by atoms with Crippen molar-refractivity contribution in [1.29, 1.82) is 0 Å². The van der Waals surface area contributed by atoms with Gasteiger partial charge in [-0.05, 0) is 25.1 Å². The third-order valence-electron chi connectivity index (χ3n) is 2.91. The second-order valence-electron chi connectivity index (χ2n) is 4.35. The van der Waals surface area contributed by atoms with Gasteiger partial charge in [0.05, 0.1) is 12.3 Å². The maximum Gasteiger partial charge on any atom is 0.161 e. The van der Waals surface area contributed by atoms with Gasteiger partial charge < -0.3 is 14.8 Å². The van der Waals surface area contributed by atoms with E-state index in [0.717, 1.165) is 30.3 Å². The molecule has 0 saturated carbocycles. The summed E-state index contributed by atoms with van der Waals surface area (Å²) in [6.07, 6.45) is 1.80. The maximum atomic E-state index is 5.73. The first-order valence-electron chi connectivity index (χ1n) is 6.83. The third kappa shape index (κ3) is 3.99. The Hall–Kier alpha value is -2.01. The average Bonchev–Trinajstić information content (AvgIpc) is 2.86. The molecule has 20 heavy (non-hydrogen) atoms. The fourth-order valence-electron chi connectivity index (χ4n) is 1.87. The van der Waals surface area contributed by atoms with E-state index >= 15 is 0 Å². The number of nitrogens with one attached hydrogen (secondary N) is 1. The van der Waals surface area contributed by atoms with Crippen molar-refractivity contribution in [2.45, 2.75) is 13.5 Å². The highest BCUT2D eigenvalue weighted by atomic mass is 16.5. The maximum absolute atomic E-state index is 5.73. The Bertz CT molecular complexity index is 525. The molecule has 1 heterocycles. The lowest BCUT2D eigenvalue weighted by Gasteiger charge is -2.12. The van der Waals surface area contributed by atoms with Gasteiger partial charge in [0.2, 0.25) is 0 Å². The Balaban J connectivity index is 1.72. The Morgan fingerprint density at radius 3 is 2.55 bits per heavy atom. The lowest BCUT2D eigenvalue weighted by molar-refractivity contribution is 0.275. The number of aromatic nitrogens is 2. The summed E-state index contributed by atoms with van der Waals surface area (Å²) in [5.41, 5.74) is 1.15. The number of nitrogens with zero attached hydrogens (tertiary/aromatic N) is 2. The van der Waals surface area contributed by atoms with Crippen LogP contribution in [0.25, 0.3) is 0 Å². The van der Waals surface area contributed by atoms with E-state index in [1.54, 1.807) is 6.20 Å². The predicted molar refractivity (Wildman–Crippen MR) is 78.0 cm³/mol. The molecule has 0 aliphatic heterocycles. The number of para-hydroxylation sites is 2. The van der Waals surface area contributed by atoms with Crippen LogP contribution in [-0.4, -0.2) is 29.5 Å². The fourth-order valence-corrected chi connectivity index (χ4v) is 1.87. The van der Waals surface area contributed by atoms with Gasteiger partial charge in [-0.25, -0.2) is 0 Å². The van der Waals surface area contributed by atoms with Crippen LogP contribution >= 0.6 is 0 Å². The number of benzene rings is 1. The van der Waals surface area contributed by atoms with Crippen LogP contribution in [0.15, 0.2) is 36.5 Å². The van der Waals surface area contributed by atoms with Gasteiger partial charge in [0.15, 0.2) is 11.5 Å². The van der Waals surface area contributed by atoms with Gasteiger partial charge in [-0.3, -0.25) is 4.68 Å². The smallest absolute Gasteiger partial charge is 0.161 e. The first-order chi connectivity index (χ1) is 9.81. The predicted octanol–water partition coefficient (Wildman–Crippen LogP) is 1.99. The van der Waals surface area contributed by atoms with Crippen LogP contribution in [0.5, 0.6) is 11.5 Å². The molecule has 0 unspecified atom stereocenters. The third-order valence-corrected chi connectivity index (χ3v) is 2.91. The number of hydrogen-bond donors (Lipinski definition) is 1. The molecule has 0 fully saturated rings. The van der Waals surface area contributed by atoms with E-state index in [-0.39, 0.29) is 0 Å². The molecule has 0 bridgehead atoms. The monoisotopic (exact) mass is 275 g/mol. The Labute approximate surface area is 119 Å². The Morgan fingerprint density at radius 2 is 1.90 bits per heavy atom. The molecule has 0 amide bonds. The normalized spacial score (nSPS) is 10.5. The summed E-state index contributed by atoms with van der Waals surface area (Å²) in [6, 6.07) is 9.73. The van der Waals surface area contributed by atoms with Crippen molar-refractivity contribution < 1.29 is 9.47 Å². The summed E-state index contributed by atoms with van der Waals surface area (Å²) in [4.78, 5) is 0. The van der Waals surface area contributed by atoms with Crippen molar-refractivity contribution in [2.75, 3.05) is 19.8 Å². The molecule has 108 valence electrons. The highest BCUT2D eigenvalue weighted by Crippen LogP contribution is 2.25. The van der Waals surface area contributed by atoms with Crippen molar-refractivity contribution in [1.82, 2.24) is 15.1 Å². The van der Waals surface area contributed by atoms with Crippen molar-refractivity contribution in [2.24, 2.45) is 7.05 Å². The largest absolute Gasteiger partial charge is 0.490 e.